The van der Waals surface area contributed by atoms with Crippen LogP contribution in [0.1, 0.15) is 43.4 Å². The number of fused-ring (bicyclic) bond motifs is 8. The molecule has 3 unspecified atom stereocenters. The molecular weight excluding hydrogens is 558 g/mol. The second-order valence-electron chi connectivity index (χ2n) is 13.1. The van der Waals surface area contributed by atoms with E-state index in [1.807, 2.05) is 0 Å². The number of carbonyl (C=O) groups is 1. The number of allylic oxidation sites excluding steroid dienone is 4. The molecule has 3 aliphatic rings. The SMILES string of the molecule is CC(=O)C1c2ccccc2-c2c(n(-c3cc(-c4ccccc4)cc(-c4ccccc4)c3)c3ccccc23)C2=C(CCC=C2)C2CC21. The molecule has 1 saturated carbocycles. The summed E-state index contributed by atoms with van der Waals surface area (Å²) in [7, 11) is 0. The number of ketones is 1. The Labute approximate surface area is 270 Å². The predicted molar refractivity (Wildman–Crippen MR) is 190 cm³/mol. The Bertz CT molecular complexity index is 2160. The first-order valence-corrected chi connectivity index (χ1v) is 16.6. The Kier molecular flexibility index (Phi) is 6.31. The third-order valence-electron chi connectivity index (χ3n) is 10.4. The zero-order valence-electron chi connectivity index (χ0n) is 26.0. The molecule has 0 saturated heterocycles. The van der Waals surface area contributed by atoms with Crippen LogP contribution in [-0.2, 0) is 4.79 Å². The summed E-state index contributed by atoms with van der Waals surface area (Å²) in [4.78, 5) is 13.4. The smallest absolute Gasteiger partial charge is 0.137 e. The van der Waals surface area contributed by atoms with Crippen LogP contribution in [-0.4, -0.2) is 10.4 Å². The zero-order valence-corrected chi connectivity index (χ0v) is 26.0. The minimum absolute atomic E-state index is 0.0833. The van der Waals surface area contributed by atoms with Crippen LogP contribution in [0.4, 0.5) is 0 Å². The van der Waals surface area contributed by atoms with Crippen molar-refractivity contribution in [1.29, 1.82) is 0 Å². The summed E-state index contributed by atoms with van der Waals surface area (Å²) in [6.07, 6.45) is 7.93. The molecular formula is C44H35NO. The maximum atomic E-state index is 13.4. The molecule has 6 aromatic rings. The summed E-state index contributed by atoms with van der Waals surface area (Å²) in [5.74, 6) is 1.00. The molecule has 0 amide bonds. The Morgan fingerprint density at radius 3 is 2.09 bits per heavy atom. The van der Waals surface area contributed by atoms with Crippen molar-refractivity contribution in [2.24, 2.45) is 11.8 Å². The van der Waals surface area contributed by atoms with E-state index < -0.39 is 0 Å². The fourth-order valence-electron chi connectivity index (χ4n) is 8.40. The van der Waals surface area contributed by atoms with E-state index in [9.17, 15) is 4.79 Å². The first-order valence-electron chi connectivity index (χ1n) is 16.6. The van der Waals surface area contributed by atoms with Crippen molar-refractivity contribution in [1.82, 2.24) is 4.57 Å². The van der Waals surface area contributed by atoms with Crippen molar-refractivity contribution in [3.63, 3.8) is 0 Å². The second kappa shape index (κ2) is 10.7. The van der Waals surface area contributed by atoms with Gasteiger partial charge in [0.2, 0.25) is 0 Å². The van der Waals surface area contributed by atoms with Gasteiger partial charge in [-0.2, -0.15) is 0 Å². The monoisotopic (exact) mass is 593 g/mol. The third-order valence-corrected chi connectivity index (χ3v) is 10.4. The van der Waals surface area contributed by atoms with Crippen molar-refractivity contribution < 1.29 is 4.79 Å². The molecule has 46 heavy (non-hydrogen) atoms. The minimum atomic E-state index is -0.0833. The molecule has 3 aliphatic carbocycles. The van der Waals surface area contributed by atoms with E-state index in [2.05, 4.69) is 144 Å². The normalized spacial score (nSPS) is 19.7. The molecule has 2 nitrogen and oxygen atoms in total. The standard InChI is InChI=1S/C44H35NO/c1-28(46)42-35-19-9-10-20-36(35)43-38-22-12-13-23-41(38)45(44(43)37-21-11-8-18-34(37)39-27-40(39)42)33-25-31(29-14-4-2-5-15-29)24-32(26-33)30-16-6-3-7-17-30/h2-7,9-17,19-26,39-40,42H,8,18,27H2,1H3. The summed E-state index contributed by atoms with van der Waals surface area (Å²) in [6.45, 7) is 1.80. The number of rotatable bonds is 4. The van der Waals surface area contributed by atoms with E-state index in [0.29, 0.717) is 11.8 Å². The van der Waals surface area contributed by atoms with Crippen LogP contribution >= 0.6 is 0 Å². The fraction of sp³-hybridized carbons (Fsp3) is 0.159. The second-order valence-corrected chi connectivity index (χ2v) is 13.1. The molecule has 0 spiro atoms. The molecule has 0 radical (unpaired) electrons. The van der Waals surface area contributed by atoms with Gasteiger partial charge in [0, 0.05) is 22.6 Å². The van der Waals surface area contributed by atoms with E-state index in [0.717, 1.165) is 24.9 Å². The van der Waals surface area contributed by atoms with Crippen molar-refractivity contribution in [2.75, 3.05) is 0 Å². The lowest BCUT2D eigenvalue weighted by Gasteiger charge is -2.21. The summed E-state index contributed by atoms with van der Waals surface area (Å²) in [6, 6.07) is 46.1. The molecule has 0 N–H and O–H groups in total. The Morgan fingerprint density at radius 1 is 0.717 bits per heavy atom. The zero-order chi connectivity index (χ0) is 30.8. The quantitative estimate of drug-likeness (QED) is 0.199. The molecule has 5 aromatic carbocycles. The molecule has 2 heteroatoms. The molecule has 1 aromatic heterocycles. The number of aromatic nitrogens is 1. The van der Waals surface area contributed by atoms with Crippen molar-refractivity contribution in [3.8, 4) is 39.1 Å². The van der Waals surface area contributed by atoms with Crippen LogP contribution in [0.2, 0.25) is 0 Å². The molecule has 3 atom stereocenters. The maximum Gasteiger partial charge on any atom is 0.137 e. The van der Waals surface area contributed by atoms with Gasteiger partial charge in [0.25, 0.3) is 0 Å². The lowest BCUT2D eigenvalue weighted by Crippen LogP contribution is -2.14. The number of hydrogen-bond acceptors (Lipinski definition) is 1. The van der Waals surface area contributed by atoms with E-state index in [-0.39, 0.29) is 11.7 Å². The van der Waals surface area contributed by atoms with Gasteiger partial charge in [-0.1, -0.05) is 121 Å². The van der Waals surface area contributed by atoms with Crippen molar-refractivity contribution in [2.45, 2.75) is 32.1 Å². The van der Waals surface area contributed by atoms with Crippen LogP contribution in [0.15, 0.2) is 145 Å². The van der Waals surface area contributed by atoms with Gasteiger partial charge in [-0.3, -0.25) is 4.79 Å². The number of benzene rings is 5. The van der Waals surface area contributed by atoms with Crippen LogP contribution in [0.3, 0.4) is 0 Å². The van der Waals surface area contributed by atoms with Gasteiger partial charge >= 0.3 is 0 Å². The molecule has 0 aliphatic heterocycles. The Balaban J connectivity index is 1.43. The highest BCUT2D eigenvalue weighted by molar-refractivity contribution is 6.07. The number of carbonyl (C=O) groups excluding carboxylic acids is 1. The van der Waals surface area contributed by atoms with E-state index in [4.69, 9.17) is 0 Å². The van der Waals surface area contributed by atoms with E-state index in [1.54, 1.807) is 6.92 Å². The average molecular weight is 594 g/mol. The van der Waals surface area contributed by atoms with Crippen LogP contribution in [0, 0.1) is 11.8 Å². The van der Waals surface area contributed by atoms with Crippen LogP contribution < -0.4 is 0 Å². The van der Waals surface area contributed by atoms with Gasteiger partial charge in [-0.05, 0) is 101 Å². The van der Waals surface area contributed by atoms with Gasteiger partial charge in [-0.15, -0.1) is 0 Å². The number of para-hydroxylation sites is 1. The van der Waals surface area contributed by atoms with E-state index >= 15 is 0 Å². The van der Waals surface area contributed by atoms with Crippen LogP contribution in [0.25, 0.3) is 55.5 Å². The highest BCUT2D eigenvalue weighted by Gasteiger charge is 2.49. The lowest BCUT2D eigenvalue weighted by molar-refractivity contribution is -0.118. The van der Waals surface area contributed by atoms with Crippen molar-refractivity contribution in [3.05, 3.63) is 156 Å². The van der Waals surface area contributed by atoms with Gasteiger partial charge < -0.3 is 4.57 Å². The Morgan fingerprint density at radius 2 is 1.37 bits per heavy atom. The van der Waals surface area contributed by atoms with Gasteiger partial charge in [0.15, 0.2) is 0 Å². The average Bonchev–Trinajstić information content (AvgIpc) is 3.80. The van der Waals surface area contributed by atoms with Gasteiger partial charge in [-0.25, -0.2) is 0 Å². The van der Waals surface area contributed by atoms with Crippen molar-refractivity contribution >= 4 is 22.3 Å². The highest BCUT2D eigenvalue weighted by atomic mass is 16.1. The number of Topliss-reactive ketones (excluding diaryl/α,β-unsaturated/α-hetero) is 1. The van der Waals surface area contributed by atoms with E-state index in [1.165, 1.54) is 66.7 Å². The van der Waals surface area contributed by atoms with Gasteiger partial charge in [0.1, 0.15) is 5.78 Å². The Hall–Kier alpha value is -5.21. The van der Waals surface area contributed by atoms with Crippen LogP contribution in [0.5, 0.6) is 0 Å². The topological polar surface area (TPSA) is 22.0 Å². The molecule has 1 fully saturated rings. The van der Waals surface area contributed by atoms with Gasteiger partial charge in [0.05, 0.1) is 11.2 Å². The molecule has 0 bridgehead atoms. The molecule has 9 rings (SSSR count). The first kappa shape index (κ1) is 27.1. The molecule has 1 heterocycles. The lowest BCUT2D eigenvalue weighted by atomic mass is 9.84. The highest BCUT2D eigenvalue weighted by Crippen LogP contribution is 2.59. The summed E-state index contributed by atoms with van der Waals surface area (Å²) in [5, 5.41) is 1.22. The predicted octanol–water partition coefficient (Wildman–Crippen LogP) is 11.1. The minimum Gasteiger partial charge on any atom is -0.309 e. The summed E-state index contributed by atoms with van der Waals surface area (Å²) >= 11 is 0. The fourth-order valence-corrected chi connectivity index (χ4v) is 8.40. The first-order chi connectivity index (χ1) is 22.7. The number of nitrogens with zero attached hydrogens (tertiary/aromatic N) is 1. The molecule has 222 valence electrons. The number of hydrogen-bond donors (Lipinski definition) is 0. The largest absolute Gasteiger partial charge is 0.309 e. The summed E-state index contributed by atoms with van der Waals surface area (Å²) in [5.41, 5.74) is 14.8. The third kappa shape index (κ3) is 4.28. The summed E-state index contributed by atoms with van der Waals surface area (Å²) < 4.78 is 2.52. The maximum absolute atomic E-state index is 13.4.